The third-order valence-electron chi connectivity index (χ3n) is 3.08. The second-order valence-electron chi connectivity index (χ2n) is 4.45. The number of carboxylic acids is 1. The van der Waals surface area contributed by atoms with Crippen molar-refractivity contribution in [1.82, 2.24) is 5.32 Å². The Labute approximate surface area is 109 Å². The largest absolute Gasteiger partial charge is 0.481 e. The fraction of sp³-hybridized carbons (Fsp3) is 0.462. The average molecular weight is 275 g/mol. The van der Waals surface area contributed by atoms with Crippen LogP contribution in [0.3, 0.4) is 0 Å². The summed E-state index contributed by atoms with van der Waals surface area (Å²) in [6.45, 7) is 3.12. The smallest absolute Gasteiger partial charge is 0.416 e. The van der Waals surface area contributed by atoms with Crippen molar-refractivity contribution in [1.29, 1.82) is 0 Å². The van der Waals surface area contributed by atoms with Crippen LogP contribution in [0, 0.1) is 5.92 Å². The maximum Gasteiger partial charge on any atom is 0.416 e. The van der Waals surface area contributed by atoms with Crippen molar-refractivity contribution >= 4 is 5.97 Å². The molecule has 0 aliphatic rings. The van der Waals surface area contributed by atoms with E-state index in [-0.39, 0.29) is 12.1 Å². The zero-order chi connectivity index (χ0) is 14.6. The molecule has 1 aromatic carbocycles. The molecule has 0 aliphatic heterocycles. The summed E-state index contributed by atoms with van der Waals surface area (Å²) in [7, 11) is 0. The first-order chi connectivity index (χ1) is 8.73. The van der Waals surface area contributed by atoms with E-state index in [1.165, 1.54) is 25.1 Å². The zero-order valence-corrected chi connectivity index (χ0v) is 10.7. The van der Waals surface area contributed by atoms with Crippen LogP contribution in [0.2, 0.25) is 0 Å². The van der Waals surface area contributed by atoms with Gasteiger partial charge in [-0.05, 0) is 18.6 Å². The van der Waals surface area contributed by atoms with Gasteiger partial charge < -0.3 is 10.4 Å². The third-order valence-corrected chi connectivity index (χ3v) is 3.08. The van der Waals surface area contributed by atoms with Crippen LogP contribution >= 0.6 is 0 Å². The van der Waals surface area contributed by atoms with Gasteiger partial charge >= 0.3 is 12.1 Å². The maximum atomic E-state index is 12.7. The topological polar surface area (TPSA) is 49.3 Å². The van der Waals surface area contributed by atoms with Crippen molar-refractivity contribution in [2.75, 3.05) is 0 Å². The summed E-state index contributed by atoms with van der Waals surface area (Å²) in [6.07, 6.45) is -4.40. The Morgan fingerprint density at radius 3 is 2.42 bits per heavy atom. The lowest BCUT2D eigenvalue weighted by molar-refractivity contribution is -0.142. The number of rotatable bonds is 5. The van der Waals surface area contributed by atoms with Crippen LogP contribution < -0.4 is 5.32 Å². The Balaban J connectivity index is 2.76. The van der Waals surface area contributed by atoms with E-state index < -0.39 is 29.7 Å². The standard InChI is InChI=1S/C13H16F3NO2/c1-8(12(18)19)9(2)17-7-10-5-3-4-6-11(10)13(14,15)16/h3-6,8-9,17H,7H2,1-2H3,(H,18,19). The number of aliphatic carboxylic acids is 1. The van der Waals surface area contributed by atoms with Crippen molar-refractivity contribution in [2.24, 2.45) is 5.92 Å². The molecule has 0 radical (unpaired) electrons. The highest BCUT2D eigenvalue weighted by molar-refractivity contribution is 5.70. The molecule has 1 rings (SSSR count). The minimum atomic E-state index is -4.40. The van der Waals surface area contributed by atoms with Gasteiger partial charge in [-0.3, -0.25) is 4.79 Å². The Morgan fingerprint density at radius 1 is 1.32 bits per heavy atom. The van der Waals surface area contributed by atoms with Crippen LogP contribution in [0.25, 0.3) is 0 Å². The van der Waals surface area contributed by atoms with Gasteiger partial charge in [0.1, 0.15) is 0 Å². The molecule has 2 N–H and O–H groups in total. The van der Waals surface area contributed by atoms with Gasteiger partial charge in [-0.25, -0.2) is 0 Å². The van der Waals surface area contributed by atoms with Crippen LogP contribution in [-0.2, 0) is 17.5 Å². The second-order valence-corrected chi connectivity index (χ2v) is 4.45. The number of halogens is 3. The normalized spacial score (nSPS) is 15.0. The molecule has 6 heteroatoms. The first kappa shape index (κ1) is 15.5. The number of hydrogen-bond acceptors (Lipinski definition) is 2. The van der Waals surface area contributed by atoms with Crippen LogP contribution in [-0.4, -0.2) is 17.1 Å². The lowest BCUT2D eigenvalue weighted by Crippen LogP contribution is -2.36. The molecule has 0 heterocycles. The molecule has 1 aromatic rings. The van der Waals surface area contributed by atoms with Gasteiger partial charge in [0.05, 0.1) is 11.5 Å². The highest BCUT2D eigenvalue weighted by atomic mass is 19.4. The summed E-state index contributed by atoms with van der Waals surface area (Å²) < 4.78 is 38.2. The van der Waals surface area contributed by atoms with E-state index in [2.05, 4.69) is 5.32 Å². The summed E-state index contributed by atoms with van der Waals surface area (Å²) >= 11 is 0. The van der Waals surface area contributed by atoms with Crippen molar-refractivity contribution in [3.63, 3.8) is 0 Å². The van der Waals surface area contributed by atoms with Gasteiger partial charge in [0.2, 0.25) is 0 Å². The molecule has 2 unspecified atom stereocenters. The molecule has 0 saturated carbocycles. The first-order valence-electron chi connectivity index (χ1n) is 5.84. The molecule has 2 atom stereocenters. The van der Waals surface area contributed by atoms with Crippen molar-refractivity contribution in [2.45, 2.75) is 32.6 Å². The molecular weight excluding hydrogens is 259 g/mol. The van der Waals surface area contributed by atoms with Gasteiger partial charge in [0, 0.05) is 12.6 Å². The second kappa shape index (κ2) is 6.06. The van der Waals surface area contributed by atoms with Crippen LogP contribution in [0.1, 0.15) is 25.0 Å². The molecular formula is C13H16F3NO2. The molecule has 0 saturated heterocycles. The summed E-state index contributed by atoms with van der Waals surface area (Å²) in [5.41, 5.74) is -0.586. The lowest BCUT2D eigenvalue weighted by atomic mass is 10.0. The van der Waals surface area contributed by atoms with E-state index >= 15 is 0 Å². The summed E-state index contributed by atoms with van der Waals surface area (Å²) in [4.78, 5) is 10.8. The van der Waals surface area contributed by atoms with E-state index in [1.54, 1.807) is 6.92 Å². The Kier molecular flexibility index (Phi) is 4.94. The molecule has 0 aromatic heterocycles. The van der Waals surface area contributed by atoms with E-state index in [1.807, 2.05) is 0 Å². The predicted molar refractivity (Wildman–Crippen MR) is 64.5 cm³/mol. The molecule has 0 amide bonds. The number of carboxylic acid groups (broad SMARTS) is 1. The van der Waals surface area contributed by atoms with Gasteiger partial charge in [-0.15, -0.1) is 0 Å². The van der Waals surface area contributed by atoms with E-state index in [0.717, 1.165) is 6.07 Å². The highest BCUT2D eigenvalue weighted by Crippen LogP contribution is 2.31. The summed E-state index contributed by atoms with van der Waals surface area (Å²) in [6, 6.07) is 4.84. The Bertz CT molecular complexity index is 446. The number of hydrogen-bond donors (Lipinski definition) is 2. The van der Waals surface area contributed by atoms with Gasteiger partial charge in [0.25, 0.3) is 0 Å². The Morgan fingerprint density at radius 2 is 1.89 bits per heavy atom. The molecule has 3 nitrogen and oxygen atoms in total. The number of carbonyl (C=O) groups is 1. The molecule has 19 heavy (non-hydrogen) atoms. The Hall–Kier alpha value is -1.56. The number of benzene rings is 1. The van der Waals surface area contributed by atoms with Gasteiger partial charge in [-0.2, -0.15) is 13.2 Å². The van der Waals surface area contributed by atoms with Crippen LogP contribution in [0.4, 0.5) is 13.2 Å². The number of nitrogens with one attached hydrogen (secondary N) is 1. The van der Waals surface area contributed by atoms with Crippen LogP contribution in [0.15, 0.2) is 24.3 Å². The summed E-state index contributed by atoms with van der Waals surface area (Å²) in [5.74, 6) is -1.65. The van der Waals surface area contributed by atoms with Gasteiger partial charge in [-0.1, -0.05) is 25.1 Å². The maximum absolute atomic E-state index is 12.7. The zero-order valence-electron chi connectivity index (χ0n) is 10.7. The first-order valence-corrected chi connectivity index (χ1v) is 5.84. The number of alkyl halides is 3. The predicted octanol–water partition coefficient (Wildman–Crippen LogP) is 2.90. The quantitative estimate of drug-likeness (QED) is 0.868. The average Bonchev–Trinajstić information content (AvgIpc) is 2.34. The fourth-order valence-corrected chi connectivity index (χ4v) is 1.61. The minimum absolute atomic E-state index is 0.0194. The van der Waals surface area contributed by atoms with Crippen molar-refractivity contribution in [3.8, 4) is 0 Å². The molecule has 0 aliphatic carbocycles. The van der Waals surface area contributed by atoms with E-state index in [4.69, 9.17) is 5.11 Å². The third kappa shape index (κ3) is 4.24. The molecule has 0 bridgehead atoms. The molecule has 0 spiro atoms. The lowest BCUT2D eigenvalue weighted by Gasteiger charge is -2.19. The summed E-state index contributed by atoms with van der Waals surface area (Å²) in [5, 5.41) is 11.6. The highest BCUT2D eigenvalue weighted by Gasteiger charge is 2.32. The van der Waals surface area contributed by atoms with Crippen molar-refractivity contribution in [3.05, 3.63) is 35.4 Å². The SMILES string of the molecule is CC(NCc1ccccc1C(F)(F)F)C(C)C(=O)O. The van der Waals surface area contributed by atoms with Crippen molar-refractivity contribution < 1.29 is 23.1 Å². The van der Waals surface area contributed by atoms with E-state index in [0.29, 0.717) is 0 Å². The van der Waals surface area contributed by atoms with Crippen LogP contribution in [0.5, 0.6) is 0 Å². The van der Waals surface area contributed by atoms with E-state index in [9.17, 15) is 18.0 Å². The monoisotopic (exact) mass is 275 g/mol. The fourth-order valence-electron chi connectivity index (χ4n) is 1.61. The van der Waals surface area contributed by atoms with Gasteiger partial charge in [0.15, 0.2) is 0 Å². The molecule has 106 valence electrons. The molecule has 0 fully saturated rings. The minimum Gasteiger partial charge on any atom is -0.481 e.